The van der Waals surface area contributed by atoms with E-state index in [1.807, 2.05) is 18.5 Å². The Balaban J connectivity index is 1.34. The van der Waals surface area contributed by atoms with Gasteiger partial charge in [-0.25, -0.2) is 18.4 Å². The summed E-state index contributed by atoms with van der Waals surface area (Å²) in [6.07, 6.45) is -2.43. The lowest BCUT2D eigenvalue weighted by Crippen LogP contribution is -2.40. The van der Waals surface area contributed by atoms with E-state index in [0.717, 1.165) is 34.0 Å². The van der Waals surface area contributed by atoms with Crippen LogP contribution in [0.15, 0.2) is 65.7 Å². The summed E-state index contributed by atoms with van der Waals surface area (Å²) in [6, 6.07) is 13.1. The van der Waals surface area contributed by atoms with Crippen molar-refractivity contribution in [2.75, 3.05) is 16.7 Å². The van der Waals surface area contributed by atoms with E-state index in [0.29, 0.717) is 29.6 Å². The maximum atomic E-state index is 13.4. The number of hydrogen-bond acceptors (Lipinski definition) is 6. The second-order valence-corrected chi connectivity index (χ2v) is 12.8. The number of imidazole rings is 1. The molecule has 44 heavy (non-hydrogen) atoms. The van der Waals surface area contributed by atoms with E-state index in [-0.39, 0.29) is 17.0 Å². The molecule has 3 atom stereocenters. The molecule has 1 aliphatic rings. The number of fused-ring (bicyclic) bond motifs is 1. The first kappa shape index (κ1) is 31.0. The fourth-order valence-electron chi connectivity index (χ4n) is 5.77. The summed E-state index contributed by atoms with van der Waals surface area (Å²) < 4.78 is 68.4. The number of aliphatic carboxylic acids is 1. The van der Waals surface area contributed by atoms with Gasteiger partial charge in [0, 0.05) is 14.1 Å². The van der Waals surface area contributed by atoms with Gasteiger partial charge in [0.1, 0.15) is 11.5 Å². The van der Waals surface area contributed by atoms with Gasteiger partial charge in [-0.2, -0.15) is 13.2 Å². The van der Waals surface area contributed by atoms with Gasteiger partial charge in [-0.3, -0.25) is 13.9 Å². The summed E-state index contributed by atoms with van der Waals surface area (Å²) in [4.78, 5) is 33.4. The number of carboxylic acid groups (broad SMARTS) is 1. The molecule has 0 radical (unpaired) electrons. The minimum Gasteiger partial charge on any atom is -0.481 e. The van der Waals surface area contributed by atoms with Crippen LogP contribution in [0.4, 0.5) is 24.5 Å². The Morgan fingerprint density at radius 2 is 1.77 bits per heavy atom. The first-order chi connectivity index (χ1) is 20.7. The molecule has 232 valence electrons. The molecule has 1 aliphatic carbocycles. The summed E-state index contributed by atoms with van der Waals surface area (Å²) in [5, 5.41) is 12.6. The Kier molecular flexibility index (Phi) is 8.14. The Bertz CT molecular complexity index is 1820. The van der Waals surface area contributed by atoms with Crippen LogP contribution in [0.5, 0.6) is 0 Å². The van der Waals surface area contributed by atoms with Crippen LogP contribution in [0.3, 0.4) is 0 Å². The van der Waals surface area contributed by atoms with Crippen molar-refractivity contribution in [1.82, 2.24) is 14.5 Å². The number of pyridine rings is 1. The van der Waals surface area contributed by atoms with E-state index >= 15 is 0 Å². The minimum atomic E-state index is -4.63. The average Bonchev–Trinajstić information content (AvgIpc) is 3.28. The Morgan fingerprint density at radius 1 is 1.07 bits per heavy atom. The van der Waals surface area contributed by atoms with E-state index in [2.05, 4.69) is 15.3 Å². The van der Waals surface area contributed by atoms with Crippen molar-refractivity contribution >= 4 is 44.3 Å². The van der Waals surface area contributed by atoms with E-state index in [1.54, 1.807) is 30.3 Å². The van der Waals surface area contributed by atoms with Gasteiger partial charge in [0.2, 0.25) is 5.91 Å². The number of aryl methyl sites for hydroxylation is 2. The molecule has 2 N–H and O–H groups in total. The predicted molar refractivity (Wildman–Crippen MR) is 157 cm³/mol. The maximum absolute atomic E-state index is 13.4. The number of nitrogens with one attached hydrogen (secondary N) is 1. The molecule has 14 heteroatoms. The van der Waals surface area contributed by atoms with Gasteiger partial charge >= 0.3 is 12.1 Å². The van der Waals surface area contributed by atoms with Gasteiger partial charge in [-0.15, -0.1) is 0 Å². The SMILES string of the molecule is Cc1nc2cc(S(=O)(=O)N(C)c3ccc([C@H]4CCC[C@@H](C(=O)Nc5ccc(C(F)(F)F)nc5)[C@@H]4C(=O)O)cc3)ccc2n1C. The molecule has 4 aromatic rings. The first-order valence-electron chi connectivity index (χ1n) is 13.8. The van der Waals surface area contributed by atoms with Crippen LogP contribution in [0.2, 0.25) is 0 Å². The monoisotopic (exact) mass is 629 g/mol. The number of halogens is 3. The highest BCUT2D eigenvalue weighted by Crippen LogP contribution is 2.43. The van der Waals surface area contributed by atoms with Crippen molar-refractivity contribution in [3.8, 4) is 0 Å². The van der Waals surface area contributed by atoms with Gasteiger partial charge in [0.15, 0.2) is 0 Å². The fraction of sp³-hybridized carbons (Fsp3) is 0.333. The molecule has 0 saturated heterocycles. The number of carbonyl (C=O) groups excluding carboxylic acids is 1. The lowest BCUT2D eigenvalue weighted by Gasteiger charge is -2.35. The number of carbonyl (C=O) groups is 2. The summed E-state index contributed by atoms with van der Waals surface area (Å²) >= 11 is 0. The zero-order chi connectivity index (χ0) is 32.0. The number of aromatic nitrogens is 3. The van der Waals surface area contributed by atoms with Crippen molar-refractivity contribution in [3.63, 3.8) is 0 Å². The van der Waals surface area contributed by atoms with Crippen molar-refractivity contribution in [2.45, 2.75) is 43.2 Å². The zero-order valence-corrected chi connectivity index (χ0v) is 24.9. The minimum absolute atomic E-state index is 0.0280. The van der Waals surface area contributed by atoms with Crippen molar-refractivity contribution in [3.05, 3.63) is 77.9 Å². The van der Waals surface area contributed by atoms with E-state index in [9.17, 15) is 36.3 Å². The largest absolute Gasteiger partial charge is 0.481 e. The number of nitrogens with zero attached hydrogens (tertiary/aromatic N) is 4. The smallest absolute Gasteiger partial charge is 0.433 e. The van der Waals surface area contributed by atoms with Crippen LogP contribution < -0.4 is 9.62 Å². The number of alkyl halides is 3. The summed E-state index contributed by atoms with van der Waals surface area (Å²) in [5.74, 6) is -3.64. The lowest BCUT2D eigenvalue weighted by atomic mass is 9.69. The van der Waals surface area contributed by atoms with E-state index < -0.39 is 51.5 Å². The quantitative estimate of drug-likeness (QED) is 0.282. The third-order valence-corrected chi connectivity index (χ3v) is 10.0. The molecule has 0 spiro atoms. The summed E-state index contributed by atoms with van der Waals surface area (Å²) in [6.45, 7) is 1.83. The molecule has 5 rings (SSSR count). The molecule has 1 amide bonds. The van der Waals surface area contributed by atoms with Crippen LogP contribution in [0.25, 0.3) is 11.0 Å². The lowest BCUT2D eigenvalue weighted by molar-refractivity contribution is -0.148. The molecule has 0 bridgehead atoms. The predicted octanol–water partition coefficient (Wildman–Crippen LogP) is 5.34. The molecule has 1 fully saturated rings. The standard InChI is InChI=1S/C30H30F3N5O5S/c1-17-35-24-15-21(12-13-25(24)37(17)2)44(42,43)38(3)20-10-7-18(8-11-20)22-5-4-6-23(27(22)29(40)41)28(39)36-19-9-14-26(34-16-19)30(31,32)33/h7-16,22-23,27H,4-6H2,1-3H3,(H,36,39)(H,40,41)/t22-,23-,27-/m1/s1. The summed E-state index contributed by atoms with van der Waals surface area (Å²) in [5.41, 5.74) is 1.27. The average molecular weight is 630 g/mol. The molecule has 0 aliphatic heterocycles. The van der Waals surface area contributed by atoms with Gasteiger partial charge < -0.3 is 15.0 Å². The molecule has 2 aromatic carbocycles. The normalized spacial score (nSPS) is 19.1. The highest BCUT2D eigenvalue weighted by molar-refractivity contribution is 7.92. The highest BCUT2D eigenvalue weighted by atomic mass is 32.2. The third-order valence-electron chi connectivity index (χ3n) is 8.26. The van der Waals surface area contributed by atoms with Gasteiger partial charge in [-0.05, 0) is 73.7 Å². The third kappa shape index (κ3) is 5.85. The number of benzene rings is 2. The Morgan fingerprint density at radius 3 is 2.39 bits per heavy atom. The molecular weight excluding hydrogens is 599 g/mol. The van der Waals surface area contributed by atoms with Crippen molar-refractivity contribution in [1.29, 1.82) is 0 Å². The zero-order valence-electron chi connectivity index (χ0n) is 24.0. The van der Waals surface area contributed by atoms with Gasteiger partial charge in [0.05, 0.1) is 45.3 Å². The molecule has 1 saturated carbocycles. The molecular formula is C30H30F3N5O5S. The molecule has 10 nitrogen and oxygen atoms in total. The Labute approximate surface area is 251 Å². The maximum Gasteiger partial charge on any atom is 0.433 e. The first-order valence-corrected chi connectivity index (χ1v) is 15.2. The number of anilines is 2. The van der Waals surface area contributed by atoms with Crippen LogP contribution in [0, 0.1) is 18.8 Å². The topological polar surface area (TPSA) is 134 Å². The van der Waals surface area contributed by atoms with Crippen LogP contribution in [0.1, 0.15) is 42.3 Å². The van der Waals surface area contributed by atoms with Crippen LogP contribution >= 0.6 is 0 Å². The second kappa shape index (κ2) is 11.6. The van der Waals surface area contributed by atoms with Gasteiger partial charge in [-0.1, -0.05) is 18.6 Å². The number of hydrogen-bond donors (Lipinski definition) is 2. The summed E-state index contributed by atoms with van der Waals surface area (Å²) in [7, 11) is -0.668. The Hall–Kier alpha value is -4.46. The van der Waals surface area contributed by atoms with Crippen LogP contribution in [-0.4, -0.2) is 47.0 Å². The highest BCUT2D eigenvalue weighted by Gasteiger charge is 2.43. The second-order valence-electron chi connectivity index (χ2n) is 10.9. The van der Waals surface area contributed by atoms with Crippen molar-refractivity contribution < 1.29 is 36.3 Å². The number of sulfonamides is 1. The van der Waals surface area contributed by atoms with Crippen molar-refractivity contribution in [2.24, 2.45) is 18.9 Å². The molecule has 2 aromatic heterocycles. The van der Waals surface area contributed by atoms with Crippen LogP contribution in [-0.2, 0) is 32.8 Å². The van der Waals surface area contributed by atoms with E-state index in [1.165, 1.54) is 19.2 Å². The number of amides is 1. The number of rotatable bonds is 7. The van der Waals surface area contributed by atoms with Gasteiger partial charge in [0.25, 0.3) is 10.0 Å². The number of carboxylic acids is 1. The molecule has 0 unspecified atom stereocenters. The van der Waals surface area contributed by atoms with E-state index in [4.69, 9.17) is 0 Å². The molecule has 2 heterocycles. The fourth-order valence-corrected chi connectivity index (χ4v) is 6.98.